The number of Topliss-reactive ketones (excluding diaryl/α,β-unsaturated/α-hetero) is 1. The van der Waals surface area contributed by atoms with Crippen molar-refractivity contribution in [2.75, 3.05) is 0 Å². The molecule has 0 spiro atoms. The largest absolute Gasteiger partial charge is 0.515 e. The molecule has 0 atom stereocenters. The fourth-order valence-electron chi connectivity index (χ4n) is 3.14. The Kier molecular flexibility index (Phi) is 7.33. The number of aromatic nitrogens is 1. The van der Waals surface area contributed by atoms with Crippen molar-refractivity contribution in [2.45, 2.75) is 6.54 Å². The normalized spacial score (nSPS) is 11.2. The minimum absolute atomic E-state index is 0.127. The summed E-state index contributed by atoms with van der Waals surface area (Å²) in [5.74, 6) is -13.4. The van der Waals surface area contributed by atoms with Gasteiger partial charge in [0.25, 0.3) is 0 Å². The number of benzene rings is 3. The molecule has 0 aliphatic carbocycles. The van der Waals surface area contributed by atoms with Crippen LogP contribution in [0.1, 0.15) is 10.4 Å². The first-order valence-electron chi connectivity index (χ1n) is 9.69. The SMILES string of the molecule is Fc1c(F)c(F)c([B-](F)(F)F)c(F)c1F.O=C(C[n+]1cccc2ccccc21)c1ccccc1. The van der Waals surface area contributed by atoms with Crippen LogP contribution in [-0.4, -0.2) is 12.8 Å². The molecule has 3 aromatic carbocycles. The molecule has 0 radical (unpaired) electrons. The number of nitrogens with zero attached hydrogens (tertiary/aromatic N) is 1. The maximum atomic E-state index is 12.5. The number of fused-ring (bicyclic) bond motifs is 1. The predicted molar refractivity (Wildman–Crippen MR) is 110 cm³/mol. The zero-order valence-electron chi connectivity index (χ0n) is 17.1. The molecular weight excluding hydrogens is 469 g/mol. The number of pyridine rings is 1. The summed E-state index contributed by atoms with van der Waals surface area (Å²) in [4.78, 5) is 12.2. The molecule has 4 aromatic rings. The Bertz CT molecular complexity index is 1310. The quantitative estimate of drug-likeness (QED) is 0.0946. The number of hydrogen-bond acceptors (Lipinski definition) is 1. The van der Waals surface area contributed by atoms with E-state index in [0.717, 1.165) is 16.5 Å². The van der Waals surface area contributed by atoms with Gasteiger partial charge in [0.2, 0.25) is 17.8 Å². The van der Waals surface area contributed by atoms with Crippen LogP contribution in [0.25, 0.3) is 10.9 Å². The maximum absolute atomic E-state index is 12.5. The third kappa shape index (κ3) is 5.24. The van der Waals surface area contributed by atoms with Gasteiger partial charge in [0.1, 0.15) is 11.6 Å². The minimum atomic E-state index is -6.30. The highest BCUT2D eigenvalue weighted by Crippen LogP contribution is 2.21. The number of carbonyl (C=O) groups excluding carboxylic acids is 1. The predicted octanol–water partition coefficient (Wildman–Crippen LogP) is 5.45. The van der Waals surface area contributed by atoms with E-state index in [1.165, 1.54) is 0 Å². The fourth-order valence-corrected chi connectivity index (χ4v) is 3.14. The van der Waals surface area contributed by atoms with Crippen LogP contribution in [0.3, 0.4) is 0 Å². The minimum Gasteiger partial charge on any atom is -0.445 e. The van der Waals surface area contributed by atoms with Crippen LogP contribution in [0.2, 0.25) is 0 Å². The molecule has 0 N–H and O–H groups in total. The Balaban J connectivity index is 0.000000197. The van der Waals surface area contributed by atoms with E-state index in [1.807, 2.05) is 65.4 Å². The number of ketones is 1. The highest BCUT2D eigenvalue weighted by molar-refractivity contribution is 6.73. The molecule has 0 saturated heterocycles. The fraction of sp³-hybridized carbons (Fsp3) is 0.0435. The molecule has 0 fully saturated rings. The highest BCUT2D eigenvalue weighted by Gasteiger charge is 2.37. The van der Waals surface area contributed by atoms with E-state index in [0.29, 0.717) is 6.54 Å². The molecule has 0 bridgehead atoms. The third-order valence-corrected chi connectivity index (χ3v) is 4.77. The molecule has 11 heteroatoms. The average Bonchev–Trinajstić information content (AvgIpc) is 2.82. The van der Waals surface area contributed by atoms with Crippen LogP contribution in [-0.2, 0) is 6.54 Å². The number of para-hydroxylation sites is 1. The lowest BCUT2D eigenvalue weighted by Gasteiger charge is -2.17. The van der Waals surface area contributed by atoms with E-state index in [2.05, 4.69) is 12.1 Å². The smallest absolute Gasteiger partial charge is 0.445 e. The lowest BCUT2D eigenvalue weighted by molar-refractivity contribution is -0.657. The van der Waals surface area contributed by atoms with Crippen LogP contribution >= 0.6 is 0 Å². The molecule has 0 saturated carbocycles. The van der Waals surface area contributed by atoms with Crippen LogP contribution in [0, 0.1) is 29.1 Å². The van der Waals surface area contributed by atoms with Gasteiger partial charge in [-0.3, -0.25) is 4.79 Å². The van der Waals surface area contributed by atoms with Crippen molar-refractivity contribution in [1.82, 2.24) is 0 Å². The molecule has 4 rings (SSSR count). The van der Waals surface area contributed by atoms with Crippen molar-refractivity contribution in [2.24, 2.45) is 0 Å². The lowest BCUT2D eigenvalue weighted by Crippen LogP contribution is -2.41. The first kappa shape index (κ1) is 24.9. The van der Waals surface area contributed by atoms with Gasteiger partial charge in [0, 0.05) is 23.1 Å². The summed E-state index contributed by atoms with van der Waals surface area (Å²) in [6.45, 7) is -5.94. The Morgan fingerprint density at radius 2 is 1.18 bits per heavy atom. The Morgan fingerprint density at radius 3 is 1.76 bits per heavy atom. The molecule has 0 unspecified atom stereocenters. The van der Waals surface area contributed by atoms with Gasteiger partial charge in [-0.2, -0.15) is 4.57 Å². The molecule has 0 aliphatic rings. The van der Waals surface area contributed by atoms with Gasteiger partial charge in [-0.25, -0.2) is 22.0 Å². The Labute approximate surface area is 188 Å². The second-order valence-corrected chi connectivity index (χ2v) is 7.04. The summed E-state index contributed by atoms with van der Waals surface area (Å²) >= 11 is 0. The first-order valence-corrected chi connectivity index (χ1v) is 9.69. The Hall–Kier alpha value is -3.76. The number of hydrogen-bond donors (Lipinski definition) is 0. The summed E-state index contributed by atoms with van der Waals surface area (Å²) < 4.78 is 99.6. The van der Waals surface area contributed by atoms with Gasteiger partial charge in [-0.1, -0.05) is 42.5 Å². The standard InChI is InChI=1S/C17H14NO.C6BF8/c19-17(15-8-2-1-3-9-15)13-18-12-6-10-14-7-4-5-11-16(14)18;8-2-1(7(13,14)15)3(9)5(11)6(12)4(2)10/h1-12H,13H2;/q+1;-1. The lowest BCUT2D eigenvalue weighted by atomic mass is 9.79. The zero-order chi connectivity index (χ0) is 25.0. The molecule has 0 amide bonds. The molecule has 176 valence electrons. The number of carbonyl (C=O) groups is 1. The van der Waals surface area contributed by atoms with E-state index in [9.17, 15) is 39.7 Å². The van der Waals surface area contributed by atoms with Crippen LogP contribution in [0.5, 0.6) is 0 Å². The third-order valence-electron chi connectivity index (χ3n) is 4.77. The van der Waals surface area contributed by atoms with Crippen LogP contribution in [0.15, 0.2) is 72.9 Å². The molecular formula is C23H14BF8NO. The monoisotopic (exact) mass is 483 g/mol. The summed E-state index contributed by atoms with van der Waals surface area (Å²) in [6.07, 6.45) is 1.95. The van der Waals surface area contributed by atoms with Gasteiger partial charge in [0.05, 0.1) is 0 Å². The van der Waals surface area contributed by atoms with Gasteiger partial charge in [0.15, 0.2) is 23.6 Å². The summed E-state index contributed by atoms with van der Waals surface area (Å²) in [6, 6.07) is 21.5. The van der Waals surface area contributed by atoms with E-state index >= 15 is 0 Å². The van der Waals surface area contributed by atoms with Crippen molar-refractivity contribution in [3.05, 3.63) is 108 Å². The van der Waals surface area contributed by atoms with Crippen molar-refractivity contribution < 1.29 is 44.3 Å². The van der Waals surface area contributed by atoms with Gasteiger partial charge in [-0.05, 0) is 17.6 Å². The number of rotatable bonds is 4. The van der Waals surface area contributed by atoms with E-state index in [-0.39, 0.29) is 5.78 Å². The van der Waals surface area contributed by atoms with Crippen molar-refractivity contribution in [3.63, 3.8) is 0 Å². The van der Waals surface area contributed by atoms with Crippen LogP contribution in [0.4, 0.5) is 34.9 Å². The second kappa shape index (κ2) is 10.0. The van der Waals surface area contributed by atoms with Crippen LogP contribution < -0.4 is 10.0 Å². The van der Waals surface area contributed by atoms with E-state index in [4.69, 9.17) is 0 Å². The Morgan fingerprint density at radius 1 is 0.676 bits per heavy atom. The molecule has 1 heterocycles. The summed E-state index contributed by atoms with van der Waals surface area (Å²) in [7, 11) is 0. The van der Waals surface area contributed by atoms with Gasteiger partial charge in [-0.15, -0.1) is 0 Å². The average molecular weight is 483 g/mol. The first-order chi connectivity index (χ1) is 16.0. The summed E-state index contributed by atoms with van der Waals surface area (Å²) in [5, 5.41) is 1.14. The maximum Gasteiger partial charge on any atom is 0.515 e. The van der Waals surface area contributed by atoms with Crippen molar-refractivity contribution in [3.8, 4) is 0 Å². The highest BCUT2D eigenvalue weighted by atomic mass is 19.4. The van der Waals surface area contributed by atoms with E-state index < -0.39 is 41.5 Å². The number of halogens is 8. The van der Waals surface area contributed by atoms with Crippen molar-refractivity contribution in [1.29, 1.82) is 0 Å². The second-order valence-electron chi connectivity index (χ2n) is 7.04. The topological polar surface area (TPSA) is 20.9 Å². The molecule has 2 nitrogen and oxygen atoms in total. The summed E-state index contributed by atoms with van der Waals surface area (Å²) in [5.41, 5.74) is -0.899. The van der Waals surface area contributed by atoms with Gasteiger partial charge >= 0.3 is 6.98 Å². The van der Waals surface area contributed by atoms with Crippen molar-refractivity contribution >= 4 is 29.1 Å². The molecule has 1 aromatic heterocycles. The molecule has 0 aliphatic heterocycles. The molecule has 34 heavy (non-hydrogen) atoms. The zero-order valence-corrected chi connectivity index (χ0v) is 17.1. The van der Waals surface area contributed by atoms with E-state index in [1.54, 1.807) is 0 Å². The van der Waals surface area contributed by atoms with Gasteiger partial charge < -0.3 is 12.9 Å².